The lowest BCUT2D eigenvalue weighted by molar-refractivity contribution is -0.127. The second-order valence-corrected chi connectivity index (χ2v) is 7.02. The van der Waals surface area contributed by atoms with Crippen LogP contribution in [0.4, 0.5) is 0 Å². The van der Waals surface area contributed by atoms with Crippen LogP contribution in [0.5, 0.6) is 5.75 Å². The molecule has 0 saturated heterocycles. The van der Waals surface area contributed by atoms with E-state index in [1.165, 1.54) is 12.5 Å². The molecule has 2 rings (SSSR count). The van der Waals surface area contributed by atoms with Gasteiger partial charge in [-0.1, -0.05) is 50.2 Å². The Hall–Kier alpha value is -2.66. The largest absolute Gasteiger partial charge is 0.481 e. The van der Waals surface area contributed by atoms with Crippen molar-refractivity contribution in [3.63, 3.8) is 0 Å². The molecule has 5 heteroatoms. The fourth-order valence-corrected chi connectivity index (χ4v) is 2.65. The Morgan fingerprint density at radius 3 is 2.26 bits per heavy atom. The molecule has 0 fully saturated rings. The Morgan fingerprint density at radius 1 is 1.04 bits per heavy atom. The molecule has 27 heavy (non-hydrogen) atoms. The van der Waals surface area contributed by atoms with Crippen molar-refractivity contribution >= 4 is 11.7 Å². The van der Waals surface area contributed by atoms with Crippen LogP contribution in [0.2, 0.25) is 0 Å². The van der Waals surface area contributed by atoms with Crippen LogP contribution in [0.3, 0.4) is 0 Å². The molecule has 0 radical (unpaired) electrons. The average Bonchev–Trinajstić information content (AvgIpc) is 2.65. The van der Waals surface area contributed by atoms with E-state index in [-0.39, 0.29) is 17.7 Å². The fraction of sp³-hybridized carbons (Fsp3) is 0.364. The highest BCUT2D eigenvalue weighted by Crippen LogP contribution is 2.18. The number of carbonyl (C=O) groups is 2. The first kappa shape index (κ1) is 20.6. The first-order valence-corrected chi connectivity index (χ1v) is 9.18. The van der Waals surface area contributed by atoms with E-state index >= 15 is 0 Å². The number of ketones is 1. The summed E-state index contributed by atoms with van der Waals surface area (Å²) in [6.45, 7) is 7.76. The van der Waals surface area contributed by atoms with Crippen molar-refractivity contribution in [2.24, 2.45) is 5.73 Å². The van der Waals surface area contributed by atoms with Crippen LogP contribution in [0.15, 0.2) is 48.5 Å². The first-order chi connectivity index (χ1) is 12.8. The van der Waals surface area contributed by atoms with E-state index in [9.17, 15) is 9.59 Å². The van der Waals surface area contributed by atoms with Gasteiger partial charge >= 0.3 is 0 Å². The topological polar surface area (TPSA) is 81.4 Å². The molecule has 1 amide bonds. The summed E-state index contributed by atoms with van der Waals surface area (Å²) in [7, 11) is 0. The summed E-state index contributed by atoms with van der Waals surface area (Å²) in [6, 6.07) is 14.6. The zero-order chi connectivity index (χ0) is 20.0. The first-order valence-electron chi connectivity index (χ1n) is 9.18. The van der Waals surface area contributed by atoms with Gasteiger partial charge in [-0.05, 0) is 43.0 Å². The highest BCUT2D eigenvalue weighted by atomic mass is 16.5. The van der Waals surface area contributed by atoms with E-state index in [0.29, 0.717) is 23.8 Å². The van der Waals surface area contributed by atoms with Gasteiger partial charge in [0.15, 0.2) is 11.9 Å². The second-order valence-electron chi connectivity index (χ2n) is 7.02. The van der Waals surface area contributed by atoms with E-state index in [1.54, 1.807) is 31.2 Å². The molecule has 2 atom stereocenters. The molecule has 0 aromatic heterocycles. The van der Waals surface area contributed by atoms with Gasteiger partial charge in [0.05, 0.1) is 0 Å². The lowest BCUT2D eigenvalue weighted by Crippen LogP contribution is -2.40. The highest BCUT2D eigenvalue weighted by Gasteiger charge is 2.16. The molecular formula is C22H28N2O3. The smallest absolute Gasteiger partial charge is 0.260 e. The summed E-state index contributed by atoms with van der Waals surface area (Å²) >= 11 is 0. The van der Waals surface area contributed by atoms with E-state index < -0.39 is 6.10 Å². The molecular weight excluding hydrogens is 340 g/mol. The number of amides is 1. The summed E-state index contributed by atoms with van der Waals surface area (Å²) in [6.07, 6.45) is -0.692. The molecule has 2 unspecified atom stereocenters. The standard InChI is InChI=1S/C22H28N2O3/c1-14(2)17-8-10-18(11-9-17)21(23)13-24-22(26)16(4)27-20-7-5-6-19(12-20)15(3)25/h5-12,14,16,21H,13,23H2,1-4H3,(H,24,26). The number of rotatable bonds is 8. The minimum absolute atomic E-state index is 0.0491. The van der Waals surface area contributed by atoms with E-state index in [0.717, 1.165) is 5.56 Å². The third-order valence-electron chi connectivity index (χ3n) is 4.45. The van der Waals surface area contributed by atoms with Gasteiger partial charge in [0, 0.05) is 18.2 Å². The van der Waals surface area contributed by atoms with Crippen molar-refractivity contribution in [2.45, 2.75) is 45.8 Å². The molecule has 0 spiro atoms. The van der Waals surface area contributed by atoms with Crippen LogP contribution >= 0.6 is 0 Å². The van der Waals surface area contributed by atoms with Gasteiger partial charge in [-0.3, -0.25) is 9.59 Å². The Bertz CT molecular complexity index is 784. The molecule has 0 heterocycles. The van der Waals surface area contributed by atoms with Crippen LogP contribution in [0.1, 0.15) is 61.1 Å². The van der Waals surface area contributed by atoms with Gasteiger partial charge in [0.2, 0.25) is 0 Å². The summed E-state index contributed by atoms with van der Waals surface area (Å²) in [4.78, 5) is 23.7. The number of ether oxygens (including phenoxy) is 1. The Labute approximate surface area is 160 Å². The predicted octanol–water partition coefficient (Wildman–Crippen LogP) is 3.60. The number of carbonyl (C=O) groups excluding carboxylic acids is 2. The van der Waals surface area contributed by atoms with Crippen LogP contribution in [-0.2, 0) is 4.79 Å². The summed E-state index contributed by atoms with van der Waals surface area (Å²) in [5.74, 6) is 0.651. The van der Waals surface area contributed by atoms with Crippen molar-refractivity contribution in [1.29, 1.82) is 0 Å². The van der Waals surface area contributed by atoms with Gasteiger partial charge in [0.25, 0.3) is 5.91 Å². The third-order valence-corrected chi connectivity index (χ3v) is 4.45. The maximum absolute atomic E-state index is 12.3. The molecule has 0 aliphatic heterocycles. The quantitative estimate of drug-likeness (QED) is 0.698. The van der Waals surface area contributed by atoms with Crippen molar-refractivity contribution in [3.05, 3.63) is 65.2 Å². The molecule has 3 N–H and O–H groups in total. The lowest BCUT2D eigenvalue weighted by Gasteiger charge is -2.18. The van der Waals surface area contributed by atoms with Crippen LogP contribution < -0.4 is 15.8 Å². The molecule has 0 aliphatic carbocycles. The Kier molecular flexibility index (Phi) is 7.13. The van der Waals surface area contributed by atoms with Gasteiger partial charge in [-0.25, -0.2) is 0 Å². The third kappa shape index (κ3) is 5.93. The van der Waals surface area contributed by atoms with Crippen molar-refractivity contribution in [3.8, 4) is 5.75 Å². The van der Waals surface area contributed by atoms with E-state index in [4.69, 9.17) is 10.5 Å². The van der Waals surface area contributed by atoms with Crippen LogP contribution in [0.25, 0.3) is 0 Å². The number of nitrogens with two attached hydrogens (primary N) is 1. The normalized spacial score (nSPS) is 13.1. The SMILES string of the molecule is CC(=O)c1cccc(OC(C)C(=O)NCC(N)c2ccc(C(C)C)cc2)c1. The molecule has 0 aliphatic rings. The number of benzene rings is 2. The maximum atomic E-state index is 12.3. The second kappa shape index (κ2) is 9.33. The number of Topliss-reactive ketones (excluding diaryl/α,β-unsaturated/α-hetero) is 1. The fourth-order valence-electron chi connectivity index (χ4n) is 2.65. The Morgan fingerprint density at radius 2 is 1.67 bits per heavy atom. The minimum atomic E-state index is -0.692. The van der Waals surface area contributed by atoms with Crippen molar-refractivity contribution in [2.75, 3.05) is 6.54 Å². The molecule has 0 bridgehead atoms. The van der Waals surface area contributed by atoms with Gasteiger partial charge in [-0.15, -0.1) is 0 Å². The summed E-state index contributed by atoms with van der Waals surface area (Å²) < 4.78 is 5.64. The predicted molar refractivity (Wildman–Crippen MR) is 107 cm³/mol. The molecule has 5 nitrogen and oxygen atoms in total. The van der Waals surface area contributed by atoms with Gasteiger partial charge in [0.1, 0.15) is 5.75 Å². The lowest BCUT2D eigenvalue weighted by atomic mass is 9.99. The maximum Gasteiger partial charge on any atom is 0.260 e. The molecule has 2 aromatic carbocycles. The summed E-state index contributed by atoms with van der Waals surface area (Å²) in [5.41, 5.74) is 8.96. The molecule has 0 saturated carbocycles. The number of hydrogen-bond acceptors (Lipinski definition) is 4. The van der Waals surface area contributed by atoms with E-state index in [1.807, 2.05) is 12.1 Å². The zero-order valence-corrected chi connectivity index (χ0v) is 16.4. The minimum Gasteiger partial charge on any atom is -0.481 e. The van der Waals surface area contributed by atoms with E-state index in [2.05, 4.69) is 31.3 Å². The molecule has 144 valence electrons. The zero-order valence-electron chi connectivity index (χ0n) is 16.4. The van der Waals surface area contributed by atoms with Crippen LogP contribution in [0, 0.1) is 0 Å². The van der Waals surface area contributed by atoms with Crippen LogP contribution in [-0.4, -0.2) is 24.3 Å². The monoisotopic (exact) mass is 368 g/mol. The van der Waals surface area contributed by atoms with Gasteiger partial charge in [-0.2, -0.15) is 0 Å². The number of hydrogen-bond donors (Lipinski definition) is 2. The van der Waals surface area contributed by atoms with Gasteiger partial charge < -0.3 is 15.8 Å². The molecule has 2 aromatic rings. The summed E-state index contributed by atoms with van der Waals surface area (Å²) in [5, 5.41) is 2.82. The average molecular weight is 368 g/mol. The Balaban J connectivity index is 1.88. The van der Waals surface area contributed by atoms with Crippen molar-refractivity contribution in [1.82, 2.24) is 5.32 Å². The number of nitrogens with one attached hydrogen (secondary N) is 1. The highest BCUT2D eigenvalue weighted by molar-refractivity contribution is 5.94. The van der Waals surface area contributed by atoms with Crippen molar-refractivity contribution < 1.29 is 14.3 Å².